The number of halogens is 1. The second kappa shape index (κ2) is 9.62. The highest BCUT2D eigenvalue weighted by molar-refractivity contribution is 5.91. The molecule has 1 amide bonds. The summed E-state index contributed by atoms with van der Waals surface area (Å²) in [7, 11) is 0. The highest BCUT2D eigenvalue weighted by Gasteiger charge is 2.34. The molecule has 1 aromatic carbocycles. The SMILES string of the molecule is O=C(c1ccco1)N1CCN(C(c2ccccc2)c2nnnn2C2CCCC2)CC1.[Cl-]. The zero-order valence-corrected chi connectivity index (χ0v) is 18.1. The molecule has 2 aromatic heterocycles. The van der Waals surface area contributed by atoms with E-state index in [1.807, 2.05) is 15.6 Å². The van der Waals surface area contributed by atoms with Gasteiger partial charge in [-0.2, -0.15) is 0 Å². The molecule has 164 valence electrons. The van der Waals surface area contributed by atoms with Crippen LogP contribution in [0, 0.1) is 0 Å². The summed E-state index contributed by atoms with van der Waals surface area (Å²) < 4.78 is 7.34. The maximum atomic E-state index is 12.6. The molecular formula is C22H26ClN6O2-. The number of benzene rings is 1. The van der Waals surface area contributed by atoms with E-state index in [1.54, 1.807) is 12.1 Å². The Morgan fingerprint density at radius 3 is 2.42 bits per heavy atom. The first-order valence-electron chi connectivity index (χ1n) is 10.7. The first kappa shape index (κ1) is 21.5. The van der Waals surface area contributed by atoms with E-state index in [1.165, 1.54) is 24.7 Å². The van der Waals surface area contributed by atoms with E-state index in [2.05, 4.69) is 44.7 Å². The summed E-state index contributed by atoms with van der Waals surface area (Å²) in [5.41, 5.74) is 1.18. The van der Waals surface area contributed by atoms with Crippen molar-refractivity contribution in [3.05, 3.63) is 65.9 Å². The molecule has 0 N–H and O–H groups in total. The molecule has 0 spiro atoms. The van der Waals surface area contributed by atoms with E-state index in [-0.39, 0.29) is 24.4 Å². The molecule has 0 bridgehead atoms. The van der Waals surface area contributed by atoms with Crippen molar-refractivity contribution in [2.45, 2.75) is 37.8 Å². The molecule has 1 aliphatic carbocycles. The maximum Gasteiger partial charge on any atom is 0.289 e. The van der Waals surface area contributed by atoms with Crippen LogP contribution >= 0.6 is 0 Å². The van der Waals surface area contributed by atoms with Crippen LogP contribution in [0.5, 0.6) is 0 Å². The van der Waals surface area contributed by atoms with E-state index in [0.717, 1.165) is 31.8 Å². The fourth-order valence-corrected chi connectivity index (χ4v) is 4.69. The number of aromatic nitrogens is 4. The van der Waals surface area contributed by atoms with Gasteiger partial charge in [-0.25, -0.2) is 4.68 Å². The molecule has 1 saturated carbocycles. The monoisotopic (exact) mass is 441 g/mol. The summed E-state index contributed by atoms with van der Waals surface area (Å²) >= 11 is 0. The number of nitrogens with zero attached hydrogens (tertiary/aromatic N) is 6. The standard InChI is InChI=1S/C22H26N6O2.ClH/c29-22(19-11-6-16-30-19)27-14-12-26(13-15-27)20(17-7-2-1-3-8-17)21-23-24-25-28(21)18-9-4-5-10-18;/h1-3,6-8,11,16,18,20H,4-5,9-10,12-15H2;1H/p-1. The van der Waals surface area contributed by atoms with Crippen LogP contribution in [-0.2, 0) is 0 Å². The third kappa shape index (κ3) is 4.36. The lowest BCUT2D eigenvalue weighted by Crippen LogP contribution is -3.00. The summed E-state index contributed by atoms with van der Waals surface area (Å²) in [6, 6.07) is 14.2. The molecule has 0 radical (unpaired) electrons. The number of tetrazole rings is 1. The average Bonchev–Trinajstić information content (AvgIpc) is 3.57. The number of rotatable bonds is 5. The van der Waals surface area contributed by atoms with Gasteiger partial charge in [-0.15, -0.1) is 5.10 Å². The summed E-state index contributed by atoms with van der Waals surface area (Å²) in [6.45, 7) is 2.80. The Morgan fingerprint density at radius 1 is 1.00 bits per heavy atom. The molecule has 2 fully saturated rings. The van der Waals surface area contributed by atoms with E-state index in [0.29, 0.717) is 24.9 Å². The van der Waals surface area contributed by atoms with Crippen molar-refractivity contribution in [1.82, 2.24) is 30.0 Å². The molecule has 1 aliphatic heterocycles. The maximum absolute atomic E-state index is 12.6. The Morgan fingerprint density at radius 2 is 1.74 bits per heavy atom. The quantitative estimate of drug-likeness (QED) is 0.551. The molecule has 5 rings (SSSR count). The van der Waals surface area contributed by atoms with Gasteiger partial charge in [-0.05, 0) is 41.0 Å². The lowest BCUT2D eigenvalue weighted by atomic mass is 10.0. The number of carbonyl (C=O) groups is 1. The van der Waals surface area contributed by atoms with Gasteiger partial charge in [-0.1, -0.05) is 43.2 Å². The van der Waals surface area contributed by atoms with Crippen molar-refractivity contribution >= 4 is 5.91 Å². The Labute approximate surface area is 187 Å². The van der Waals surface area contributed by atoms with Gasteiger partial charge in [0, 0.05) is 26.2 Å². The van der Waals surface area contributed by atoms with Crippen LogP contribution in [0.2, 0.25) is 0 Å². The van der Waals surface area contributed by atoms with Crippen LogP contribution in [0.25, 0.3) is 0 Å². The molecule has 3 heterocycles. The second-order valence-electron chi connectivity index (χ2n) is 8.04. The van der Waals surface area contributed by atoms with Crippen LogP contribution in [0.15, 0.2) is 53.1 Å². The van der Waals surface area contributed by atoms with Gasteiger partial charge in [0.25, 0.3) is 5.91 Å². The van der Waals surface area contributed by atoms with E-state index in [9.17, 15) is 4.79 Å². The zero-order valence-electron chi connectivity index (χ0n) is 17.3. The van der Waals surface area contributed by atoms with Crippen LogP contribution in [0.4, 0.5) is 0 Å². The molecule has 1 saturated heterocycles. The molecule has 31 heavy (non-hydrogen) atoms. The molecule has 9 heteroatoms. The van der Waals surface area contributed by atoms with Gasteiger partial charge in [0.05, 0.1) is 18.3 Å². The van der Waals surface area contributed by atoms with Crippen molar-refractivity contribution in [3.63, 3.8) is 0 Å². The molecular weight excluding hydrogens is 416 g/mol. The van der Waals surface area contributed by atoms with Crippen molar-refractivity contribution in [3.8, 4) is 0 Å². The van der Waals surface area contributed by atoms with Crippen LogP contribution in [0.1, 0.15) is 59.7 Å². The van der Waals surface area contributed by atoms with E-state index < -0.39 is 0 Å². The van der Waals surface area contributed by atoms with Gasteiger partial charge < -0.3 is 21.7 Å². The number of amides is 1. The summed E-state index contributed by atoms with van der Waals surface area (Å²) in [5, 5.41) is 12.9. The largest absolute Gasteiger partial charge is 1.00 e. The minimum Gasteiger partial charge on any atom is -1.00 e. The molecule has 1 atom stereocenters. The molecule has 1 unspecified atom stereocenters. The van der Waals surface area contributed by atoms with Gasteiger partial charge in [0.2, 0.25) is 0 Å². The van der Waals surface area contributed by atoms with Crippen LogP contribution < -0.4 is 12.4 Å². The first-order valence-corrected chi connectivity index (χ1v) is 10.7. The minimum atomic E-state index is -0.0494. The Kier molecular flexibility index (Phi) is 6.67. The van der Waals surface area contributed by atoms with Crippen LogP contribution in [-0.4, -0.2) is 62.1 Å². The van der Waals surface area contributed by atoms with E-state index in [4.69, 9.17) is 4.42 Å². The van der Waals surface area contributed by atoms with Crippen molar-refractivity contribution < 1.29 is 21.6 Å². The highest BCUT2D eigenvalue weighted by Crippen LogP contribution is 2.34. The molecule has 2 aliphatic rings. The van der Waals surface area contributed by atoms with Crippen molar-refractivity contribution in [1.29, 1.82) is 0 Å². The Balaban J connectivity index is 0.00000231. The lowest BCUT2D eigenvalue weighted by molar-refractivity contribution is -0.0000172. The van der Waals surface area contributed by atoms with Gasteiger partial charge in [-0.3, -0.25) is 9.69 Å². The predicted molar refractivity (Wildman–Crippen MR) is 110 cm³/mol. The number of hydrogen-bond donors (Lipinski definition) is 0. The zero-order chi connectivity index (χ0) is 20.3. The topological polar surface area (TPSA) is 80.3 Å². The minimum absolute atomic E-state index is 0. The van der Waals surface area contributed by atoms with Gasteiger partial charge >= 0.3 is 0 Å². The van der Waals surface area contributed by atoms with Gasteiger partial charge in [0.15, 0.2) is 11.6 Å². The average molecular weight is 442 g/mol. The fourth-order valence-electron chi connectivity index (χ4n) is 4.69. The Hall–Kier alpha value is -2.71. The molecule has 3 aromatic rings. The Bertz CT molecular complexity index is 963. The first-order chi connectivity index (χ1) is 14.8. The lowest BCUT2D eigenvalue weighted by Gasteiger charge is -2.38. The normalized spacial score (nSPS) is 18.6. The summed E-state index contributed by atoms with van der Waals surface area (Å²) in [6.07, 6.45) is 6.26. The van der Waals surface area contributed by atoms with Crippen molar-refractivity contribution in [2.75, 3.05) is 26.2 Å². The number of hydrogen-bond acceptors (Lipinski definition) is 6. The van der Waals surface area contributed by atoms with Crippen LogP contribution in [0.3, 0.4) is 0 Å². The third-order valence-corrected chi connectivity index (χ3v) is 6.25. The molecule has 8 nitrogen and oxygen atoms in total. The van der Waals surface area contributed by atoms with Crippen molar-refractivity contribution in [2.24, 2.45) is 0 Å². The third-order valence-electron chi connectivity index (χ3n) is 6.25. The summed E-state index contributed by atoms with van der Waals surface area (Å²) in [4.78, 5) is 16.9. The smallest absolute Gasteiger partial charge is 0.289 e. The van der Waals surface area contributed by atoms with E-state index >= 15 is 0 Å². The summed E-state index contributed by atoms with van der Waals surface area (Å²) in [5.74, 6) is 1.25. The van der Waals surface area contributed by atoms with Gasteiger partial charge in [0.1, 0.15) is 0 Å². The number of furan rings is 1. The number of carbonyl (C=O) groups excluding carboxylic acids is 1. The fraction of sp³-hybridized carbons (Fsp3) is 0.455. The highest BCUT2D eigenvalue weighted by atomic mass is 35.5. The second-order valence-corrected chi connectivity index (χ2v) is 8.04. The number of piperazine rings is 1. The predicted octanol–water partition coefficient (Wildman–Crippen LogP) is -0.0674.